The molecule has 7 nitrogen and oxygen atoms in total. The number of ether oxygens (including phenoxy) is 3. The van der Waals surface area contributed by atoms with E-state index in [-0.39, 0.29) is 24.0 Å². The van der Waals surface area contributed by atoms with E-state index in [0.717, 1.165) is 37.1 Å². The third-order valence-corrected chi connectivity index (χ3v) is 4.95. The van der Waals surface area contributed by atoms with Gasteiger partial charge < -0.3 is 29.7 Å². The van der Waals surface area contributed by atoms with Crippen molar-refractivity contribution in [3.05, 3.63) is 17.7 Å². The number of halogens is 1. The molecule has 1 aromatic carbocycles. The van der Waals surface area contributed by atoms with E-state index in [1.54, 1.807) is 21.3 Å². The molecule has 1 aliphatic rings. The van der Waals surface area contributed by atoms with Crippen LogP contribution in [0.5, 0.6) is 17.2 Å². The van der Waals surface area contributed by atoms with Gasteiger partial charge in [-0.2, -0.15) is 0 Å². The summed E-state index contributed by atoms with van der Waals surface area (Å²) in [5, 5.41) is 6.76. The molecular formula is C21H37IN4O3. The summed E-state index contributed by atoms with van der Waals surface area (Å²) < 4.78 is 16.2. The maximum Gasteiger partial charge on any atom is 0.203 e. The van der Waals surface area contributed by atoms with E-state index < -0.39 is 0 Å². The normalized spacial score (nSPS) is 17.3. The number of benzene rings is 1. The SMILES string of the molecule is CCNC(=NCc1cc(OC)c(OC)c(OC)c1)NCCN1CCCC(C)C1.I. The maximum atomic E-state index is 5.42. The summed E-state index contributed by atoms with van der Waals surface area (Å²) in [7, 11) is 4.85. The Morgan fingerprint density at radius 2 is 1.83 bits per heavy atom. The van der Waals surface area contributed by atoms with E-state index in [4.69, 9.17) is 19.2 Å². The topological polar surface area (TPSA) is 67.4 Å². The smallest absolute Gasteiger partial charge is 0.203 e. The first-order valence-corrected chi connectivity index (χ1v) is 10.1. The fourth-order valence-corrected chi connectivity index (χ4v) is 3.56. The maximum absolute atomic E-state index is 5.42. The zero-order valence-corrected chi connectivity index (χ0v) is 20.7. The molecule has 0 amide bonds. The van der Waals surface area contributed by atoms with Crippen LogP contribution in [0.25, 0.3) is 0 Å². The average Bonchev–Trinajstić information content (AvgIpc) is 2.71. The van der Waals surface area contributed by atoms with Gasteiger partial charge >= 0.3 is 0 Å². The molecule has 1 unspecified atom stereocenters. The Morgan fingerprint density at radius 3 is 2.38 bits per heavy atom. The summed E-state index contributed by atoms with van der Waals surface area (Å²) in [6.45, 7) is 10.1. The average molecular weight is 520 g/mol. The molecule has 1 heterocycles. The number of nitrogens with zero attached hydrogens (tertiary/aromatic N) is 2. The van der Waals surface area contributed by atoms with Crippen molar-refractivity contribution in [2.75, 3.05) is 54.1 Å². The number of rotatable bonds is 9. The van der Waals surface area contributed by atoms with Crippen molar-refractivity contribution in [3.8, 4) is 17.2 Å². The van der Waals surface area contributed by atoms with E-state index in [1.807, 2.05) is 12.1 Å². The molecule has 8 heteroatoms. The van der Waals surface area contributed by atoms with Gasteiger partial charge in [0.05, 0.1) is 27.9 Å². The first-order valence-electron chi connectivity index (χ1n) is 10.1. The second kappa shape index (κ2) is 13.7. The van der Waals surface area contributed by atoms with Crippen LogP contribution in [-0.4, -0.2) is 64.9 Å². The minimum atomic E-state index is 0. The number of hydrogen-bond donors (Lipinski definition) is 2. The van der Waals surface area contributed by atoms with Crippen molar-refractivity contribution < 1.29 is 14.2 Å². The minimum Gasteiger partial charge on any atom is -0.493 e. The molecule has 0 radical (unpaired) electrons. The van der Waals surface area contributed by atoms with E-state index in [0.29, 0.717) is 23.8 Å². The number of methoxy groups -OCH3 is 3. The number of aliphatic imine (C=N–C) groups is 1. The second-order valence-electron chi connectivity index (χ2n) is 7.20. The van der Waals surface area contributed by atoms with Gasteiger partial charge in [-0.15, -0.1) is 24.0 Å². The van der Waals surface area contributed by atoms with Gasteiger partial charge in [0.1, 0.15) is 0 Å². The zero-order chi connectivity index (χ0) is 20.4. The molecule has 1 fully saturated rings. The molecule has 1 atom stereocenters. The lowest BCUT2D eigenvalue weighted by molar-refractivity contribution is 0.187. The number of likely N-dealkylation sites (tertiary alicyclic amines) is 1. The highest BCUT2D eigenvalue weighted by molar-refractivity contribution is 14.0. The Balaban J connectivity index is 0.00000420. The zero-order valence-electron chi connectivity index (χ0n) is 18.4. The Morgan fingerprint density at radius 1 is 1.14 bits per heavy atom. The lowest BCUT2D eigenvalue weighted by atomic mass is 10.0. The largest absolute Gasteiger partial charge is 0.493 e. The summed E-state index contributed by atoms with van der Waals surface area (Å²) in [6.07, 6.45) is 2.65. The van der Waals surface area contributed by atoms with Crippen LogP contribution in [-0.2, 0) is 6.54 Å². The highest BCUT2D eigenvalue weighted by atomic mass is 127. The van der Waals surface area contributed by atoms with Crippen LogP contribution < -0.4 is 24.8 Å². The number of guanidine groups is 1. The summed E-state index contributed by atoms with van der Waals surface area (Å²) >= 11 is 0. The first-order chi connectivity index (χ1) is 13.6. The molecule has 2 N–H and O–H groups in total. The molecule has 1 aliphatic heterocycles. The van der Waals surface area contributed by atoms with E-state index >= 15 is 0 Å². The number of nitrogens with one attached hydrogen (secondary N) is 2. The minimum absolute atomic E-state index is 0. The van der Waals surface area contributed by atoms with E-state index in [1.165, 1.54) is 25.9 Å². The summed E-state index contributed by atoms with van der Waals surface area (Å²) in [6, 6.07) is 3.87. The summed E-state index contributed by atoms with van der Waals surface area (Å²) in [4.78, 5) is 7.24. The molecule has 1 aromatic rings. The molecule has 0 aliphatic carbocycles. The predicted octanol–water partition coefficient (Wildman–Crippen LogP) is 3.12. The monoisotopic (exact) mass is 520 g/mol. The third kappa shape index (κ3) is 8.08. The van der Waals surface area contributed by atoms with Crippen molar-refractivity contribution in [1.82, 2.24) is 15.5 Å². The molecule has 0 saturated carbocycles. The van der Waals surface area contributed by atoms with Crippen LogP contribution in [0.4, 0.5) is 0 Å². The molecule has 0 spiro atoms. The molecule has 2 rings (SSSR count). The van der Waals surface area contributed by atoms with Gasteiger partial charge in [-0.3, -0.25) is 0 Å². The quantitative estimate of drug-likeness (QED) is 0.297. The summed E-state index contributed by atoms with van der Waals surface area (Å²) in [5.74, 6) is 3.50. The van der Waals surface area contributed by atoms with Gasteiger partial charge in [0.25, 0.3) is 0 Å². The fourth-order valence-electron chi connectivity index (χ4n) is 3.56. The Bertz CT molecular complexity index is 617. The van der Waals surface area contributed by atoms with E-state index in [2.05, 4.69) is 29.4 Å². The number of hydrogen-bond acceptors (Lipinski definition) is 5. The van der Waals surface area contributed by atoms with Crippen molar-refractivity contribution in [2.24, 2.45) is 10.9 Å². The third-order valence-electron chi connectivity index (χ3n) is 4.95. The number of piperidine rings is 1. The Labute approximate surface area is 192 Å². The van der Waals surface area contributed by atoms with Crippen LogP contribution in [0.2, 0.25) is 0 Å². The lowest BCUT2D eigenvalue weighted by Gasteiger charge is -2.30. The van der Waals surface area contributed by atoms with Crippen molar-refractivity contribution in [3.63, 3.8) is 0 Å². The standard InChI is InChI=1S/C21H36N4O3.HI/c1-6-22-21(23-9-11-25-10-7-8-16(2)15-25)24-14-17-12-18(26-3)20(28-5)19(13-17)27-4;/h12-13,16H,6-11,14-15H2,1-5H3,(H2,22,23,24);1H. The molecule has 0 aromatic heterocycles. The van der Waals surface area contributed by atoms with Gasteiger partial charge in [-0.1, -0.05) is 6.92 Å². The van der Waals surface area contributed by atoms with Crippen LogP contribution in [0.3, 0.4) is 0 Å². The van der Waals surface area contributed by atoms with Crippen molar-refractivity contribution in [1.29, 1.82) is 0 Å². The van der Waals surface area contributed by atoms with Gasteiger partial charge in [0.15, 0.2) is 17.5 Å². The molecular weight excluding hydrogens is 483 g/mol. The molecule has 0 bridgehead atoms. The van der Waals surface area contributed by atoms with Crippen LogP contribution in [0.1, 0.15) is 32.3 Å². The Kier molecular flexibility index (Phi) is 12.1. The lowest BCUT2D eigenvalue weighted by Crippen LogP contribution is -2.43. The van der Waals surface area contributed by atoms with Crippen LogP contribution in [0.15, 0.2) is 17.1 Å². The van der Waals surface area contributed by atoms with Gasteiger partial charge in [0, 0.05) is 26.2 Å². The highest BCUT2D eigenvalue weighted by Crippen LogP contribution is 2.38. The van der Waals surface area contributed by atoms with Crippen LogP contribution >= 0.6 is 24.0 Å². The van der Waals surface area contributed by atoms with Crippen molar-refractivity contribution in [2.45, 2.75) is 33.2 Å². The van der Waals surface area contributed by atoms with E-state index in [9.17, 15) is 0 Å². The van der Waals surface area contributed by atoms with Gasteiger partial charge in [0.2, 0.25) is 5.75 Å². The Hall–Kier alpha value is -1.42. The first kappa shape index (κ1) is 25.6. The molecule has 166 valence electrons. The highest BCUT2D eigenvalue weighted by Gasteiger charge is 2.16. The van der Waals surface area contributed by atoms with Gasteiger partial charge in [-0.25, -0.2) is 4.99 Å². The van der Waals surface area contributed by atoms with Gasteiger partial charge in [-0.05, 0) is 49.9 Å². The molecule has 29 heavy (non-hydrogen) atoms. The fraction of sp³-hybridized carbons (Fsp3) is 0.667. The predicted molar refractivity (Wildman–Crippen MR) is 129 cm³/mol. The summed E-state index contributed by atoms with van der Waals surface area (Å²) in [5.41, 5.74) is 0.997. The molecule has 1 saturated heterocycles. The van der Waals surface area contributed by atoms with Crippen molar-refractivity contribution >= 4 is 29.9 Å². The second-order valence-corrected chi connectivity index (χ2v) is 7.20. The van der Waals surface area contributed by atoms with Crippen LogP contribution in [0, 0.1) is 5.92 Å².